The Balaban J connectivity index is 0.000000335. The van der Waals surface area contributed by atoms with E-state index in [-0.39, 0.29) is 23.4 Å². The molecule has 0 spiro atoms. The van der Waals surface area contributed by atoms with Gasteiger partial charge in [0.1, 0.15) is 11.3 Å². The topological polar surface area (TPSA) is 117 Å². The summed E-state index contributed by atoms with van der Waals surface area (Å²) in [6.07, 6.45) is 5.04. The van der Waals surface area contributed by atoms with E-state index < -0.39 is 13.6 Å². The summed E-state index contributed by atoms with van der Waals surface area (Å²) in [5, 5.41) is 10.4. The van der Waals surface area contributed by atoms with Gasteiger partial charge in [-0.15, -0.1) is 0 Å². The zero-order valence-corrected chi connectivity index (χ0v) is 18.5. The second-order valence-electron chi connectivity index (χ2n) is 7.22. The third-order valence-electron chi connectivity index (χ3n) is 4.93. The van der Waals surface area contributed by atoms with Crippen LogP contribution in [0.1, 0.15) is 38.1 Å². The maximum absolute atomic E-state index is 11.7. The number of aryl methyl sites for hydroxylation is 2. The molecule has 8 heteroatoms. The molecule has 0 amide bonds. The molecule has 162 valence electrons. The van der Waals surface area contributed by atoms with Crippen molar-refractivity contribution in [1.82, 2.24) is 4.98 Å². The highest BCUT2D eigenvalue weighted by Crippen LogP contribution is 2.43. The Morgan fingerprint density at radius 3 is 2.33 bits per heavy atom. The fourth-order valence-electron chi connectivity index (χ4n) is 3.50. The third-order valence-corrected chi connectivity index (χ3v) is 5.61. The summed E-state index contributed by atoms with van der Waals surface area (Å²) in [6.45, 7) is 7.89. The van der Waals surface area contributed by atoms with Crippen molar-refractivity contribution < 1.29 is 29.0 Å². The lowest BCUT2D eigenvalue weighted by Gasteiger charge is -2.26. The quantitative estimate of drug-likeness (QED) is 0.357. The van der Waals surface area contributed by atoms with Crippen LogP contribution in [-0.2, 0) is 14.1 Å². The molecule has 2 heterocycles. The summed E-state index contributed by atoms with van der Waals surface area (Å²) < 4.78 is 15.7. The number of ether oxygens (including phenoxy) is 1. The Hall–Kier alpha value is -2.47. The number of hydrogen-bond donors (Lipinski definition) is 3. The number of aliphatic hydroxyl groups excluding tert-OH is 1. The second-order valence-corrected chi connectivity index (χ2v) is 8.92. The summed E-state index contributed by atoms with van der Waals surface area (Å²) in [4.78, 5) is 33.6. The van der Waals surface area contributed by atoms with Crippen LogP contribution in [0.3, 0.4) is 0 Å². The highest BCUT2D eigenvalue weighted by Gasteiger charge is 2.37. The van der Waals surface area contributed by atoms with Crippen LogP contribution in [-0.4, -0.2) is 32.0 Å². The summed E-state index contributed by atoms with van der Waals surface area (Å²) in [5.41, 5.74) is 4.68. The van der Waals surface area contributed by atoms with E-state index in [9.17, 15) is 14.5 Å². The molecule has 0 bridgehead atoms. The van der Waals surface area contributed by atoms with E-state index in [2.05, 4.69) is 4.98 Å². The van der Waals surface area contributed by atoms with Crippen LogP contribution < -0.4 is 0 Å². The number of pyridine rings is 1. The lowest BCUT2D eigenvalue weighted by atomic mass is 9.78. The van der Waals surface area contributed by atoms with Crippen LogP contribution in [0.5, 0.6) is 0 Å². The van der Waals surface area contributed by atoms with Gasteiger partial charge in [-0.25, -0.2) is 4.79 Å². The van der Waals surface area contributed by atoms with Gasteiger partial charge in [-0.2, -0.15) is 0 Å². The number of cyclic esters (lactones) is 1. The summed E-state index contributed by atoms with van der Waals surface area (Å²) in [6, 6.07) is 6.00. The van der Waals surface area contributed by atoms with Gasteiger partial charge in [0.25, 0.3) is 0 Å². The first kappa shape index (κ1) is 23.8. The molecule has 1 atom stereocenters. The van der Waals surface area contributed by atoms with Crippen LogP contribution in [0.4, 0.5) is 0 Å². The van der Waals surface area contributed by atoms with Crippen molar-refractivity contribution in [2.24, 2.45) is 5.92 Å². The van der Waals surface area contributed by atoms with Crippen molar-refractivity contribution in [2.45, 2.75) is 40.5 Å². The maximum Gasteiger partial charge on any atom is 0.347 e. The Bertz CT molecular complexity index is 966. The highest BCUT2D eigenvalue weighted by molar-refractivity contribution is 7.51. The van der Waals surface area contributed by atoms with Gasteiger partial charge in [-0.05, 0) is 44.4 Å². The van der Waals surface area contributed by atoms with Crippen LogP contribution in [0.2, 0.25) is 0 Å². The normalized spacial score (nSPS) is 18.8. The van der Waals surface area contributed by atoms with Crippen LogP contribution in [0.15, 0.2) is 64.7 Å². The average molecular weight is 433 g/mol. The molecule has 3 N–H and O–H groups in total. The number of rotatable bonds is 5. The first-order chi connectivity index (χ1) is 14.0. The van der Waals surface area contributed by atoms with Crippen molar-refractivity contribution in [2.75, 3.05) is 6.16 Å². The number of nitrogens with zero attached hydrogens (tertiary/aromatic N) is 1. The molecule has 1 unspecified atom stereocenters. The van der Waals surface area contributed by atoms with E-state index in [1.807, 2.05) is 45.9 Å². The zero-order valence-electron chi connectivity index (χ0n) is 17.6. The van der Waals surface area contributed by atoms with Crippen LogP contribution in [0, 0.1) is 19.8 Å². The minimum Gasteiger partial charge on any atom is -0.507 e. The molecule has 0 saturated carbocycles. The van der Waals surface area contributed by atoms with E-state index >= 15 is 0 Å². The molecule has 0 saturated heterocycles. The molecular weight excluding hydrogens is 405 g/mol. The fourth-order valence-corrected chi connectivity index (χ4v) is 3.92. The van der Waals surface area contributed by atoms with E-state index in [1.165, 1.54) is 12.3 Å². The Labute approximate surface area is 176 Å². The molecule has 0 radical (unpaired) electrons. The number of hydrogen-bond acceptors (Lipinski definition) is 5. The minimum absolute atomic E-state index is 0.0347. The van der Waals surface area contributed by atoms with Crippen molar-refractivity contribution >= 4 is 13.6 Å². The van der Waals surface area contributed by atoms with Gasteiger partial charge in [0.05, 0.1) is 12.4 Å². The zero-order chi connectivity index (χ0) is 22.5. The molecule has 1 aromatic rings. The molecule has 1 aliphatic carbocycles. The van der Waals surface area contributed by atoms with Gasteiger partial charge >= 0.3 is 13.6 Å². The molecule has 2 aliphatic rings. The first-order valence-electron chi connectivity index (χ1n) is 9.72. The number of esters is 1. The average Bonchev–Trinajstić information content (AvgIpc) is 3.04. The Morgan fingerprint density at radius 2 is 1.83 bits per heavy atom. The number of aliphatic hydroxyl groups is 1. The molecule has 1 aliphatic heterocycles. The smallest absolute Gasteiger partial charge is 0.347 e. The summed E-state index contributed by atoms with van der Waals surface area (Å²) >= 11 is 0. The fraction of sp³-hybridized carbons (Fsp3) is 0.364. The monoisotopic (exact) mass is 433 g/mol. The Morgan fingerprint density at radius 1 is 1.20 bits per heavy atom. The molecule has 7 nitrogen and oxygen atoms in total. The van der Waals surface area contributed by atoms with Gasteiger partial charge in [0, 0.05) is 22.9 Å². The molecule has 0 fully saturated rings. The Kier molecular flexibility index (Phi) is 7.96. The van der Waals surface area contributed by atoms with E-state index in [0.29, 0.717) is 24.0 Å². The lowest BCUT2D eigenvalue weighted by molar-refractivity contribution is -0.132. The number of allylic oxidation sites excluding steroid dienone is 4. The van der Waals surface area contributed by atoms with E-state index in [0.717, 1.165) is 17.0 Å². The van der Waals surface area contributed by atoms with E-state index in [1.54, 1.807) is 6.08 Å². The molecule has 30 heavy (non-hydrogen) atoms. The maximum atomic E-state index is 11.7. The van der Waals surface area contributed by atoms with E-state index in [4.69, 9.17) is 14.5 Å². The SMILES string of the molecule is CCC1=C(CC=CCP(=O)(O)O)C(O)=C2C(=O)OC=C2C1C.Cc1cccc(C)n1. The first-order valence-corrected chi connectivity index (χ1v) is 11.5. The largest absolute Gasteiger partial charge is 0.507 e. The van der Waals surface area contributed by atoms with Gasteiger partial charge < -0.3 is 19.6 Å². The van der Waals surface area contributed by atoms with Gasteiger partial charge in [-0.3, -0.25) is 9.55 Å². The van der Waals surface area contributed by atoms with Crippen LogP contribution >= 0.6 is 7.60 Å². The molecule has 0 aromatic carbocycles. The standard InChI is InChI=1S/C15H19O6P.C7H9N/c1-3-10-9(2)12-8-21-15(17)13(12)14(16)11(10)6-4-5-7-22(18,19)20;1-6-4-3-5-7(2)8-6/h4-5,8-9,16H,3,6-7H2,1-2H3,(H2,18,19,20);3-5H,1-2H3. The van der Waals surface area contributed by atoms with Crippen molar-refractivity contribution in [3.05, 3.63) is 76.1 Å². The number of fused-ring (bicyclic) bond motifs is 1. The molecule has 3 rings (SSSR count). The number of carbonyl (C=O) groups is 1. The summed E-state index contributed by atoms with van der Waals surface area (Å²) in [5.74, 6) is -0.691. The van der Waals surface area contributed by atoms with Crippen molar-refractivity contribution in [3.8, 4) is 0 Å². The molecule has 1 aromatic heterocycles. The lowest BCUT2D eigenvalue weighted by Crippen LogP contribution is -2.17. The highest BCUT2D eigenvalue weighted by atomic mass is 31.2. The number of aromatic nitrogens is 1. The van der Waals surface area contributed by atoms with Gasteiger partial charge in [-0.1, -0.05) is 37.6 Å². The van der Waals surface area contributed by atoms with Crippen molar-refractivity contribution in [1.29, 1.82) is 0 Å². The molecular formula is C22H28NO6P. The predicted molar refractivity (Wildman–Crippen MR) is 115 cm³/mol. The van der Waals surface area contributed by atoms with Gasteiger partial charge in [0.2, 0.25) is 0 Å². The van der Waals surface area contributed by atoms with Crippen molar-refractivity contribution in [3.63, 3.8) is 0 Å². The predicted octanol–water partition coefficient (Wildman–Crippen LogP) is 4.42. The van der Waals surface area contributed by atoms with Crippen LogP contribution in [0.25, 0.3) is 0 Å². The second kappa shape index (κ2) is 10.0. The summed E-state index contributed by atoms with van der Waals surface area (Å²) in [7, 11) is -4.07. The van der Waals surface area contributed by atoms with Gasteiger partial charge in [0.15, 0.2) is 0 Å². The number of carbonyl (C=O) groups excluding carboxylic acids is 1. The third kappa shape index (κ3) is 6.02. The minimum atomic E-state index is -4.07.